The monoisotopic (exact) mass is 313 g/mol. The molecular weight excluding hydrogens is 302 g/mol. The van der Waals surface area contributed by atoms with Gasteiger partial charge in [-0.25, -0.2) is 0 Å². The number of amides is 1. The number of rotatable bonds is 4. The molecule has 1 unspecified atom stereocenters. The van der Waals surface area contributed by atoms with E-state index in [9.17, 15) is 4.79 Å². The molecule has 0 bridgehead atoms. The van der Waals surface area contributed by atoms with Gasteiger partial charge in [-0.05, 0) is 34.3 Å². The van der Waals surface area contributed by atoms with Gasteiger partial charge in [0.15, 0.2) is 0 Å². The Morgan fingerprint density at radius 3 is 3.12 bits per heavy atom. The van der Waals surface area contributed by atoms with Gasteiger partial charge in [-0.1, -0.05) is 6.07 Å². The second kappa shape index (κ2) is 5.46. The van der Waals surface area contributed by atoms with Gasteiger partial charge in [-0.15, -0.1) is 11.3 Å². The summed E-state index contributed by atoms with van der Waals surface area (Å²) in [5.41, 5.74) is 0. The van der Waals surface area contributed by atoms with Gasteiger partial charge in [0.2, 0.25) is 5.91 Å². The Bertz CT molecular complexity index is 495. The number of nitrogens with zero attached hydrogens (tertiary/aromatic N) is 2. The third-order valence-electron chi connectivity index (χ3n) is 2.25. The normalized spacial score (nSPS) is 12.4. The van der Waals surface area contributed by atoms with E-state index in [0.717, 1.165) is 9.35 Å². The largest absolute Gasteiger partial charge is 0.347 e. The Kier molecular flexibility index (Phi) is 3.96. The maximum atomic E-state index is 11.7. The number of carbonyl (C=O) groups is 1. The first-order valence-corrected chi connectivity index (χ1v) is 6.83. The summed E-state index contributed by atoms with van der Waals surface area (Å²) in [6.45, 7) is 2.21. The molecule has 0 aromatic carbocycles. The average Bonchev–Trinajstić information content (AvgIpc) is 2.89. The lowest BCUT2D eigenvalue weighted by molar-refractivity contribution is -0.122. The molecule has 2 aromatic rings. The number of aromatic nitrogens is 2. The molecule has 2 rings (SSSR count). The van der Waals surface area contributed by atoms with Gasteiger partial charge in [0.25, 0.3) is 0 Å². The standard InChI is InChI=1S/C11H12BrN3OS/c1-8(10-3-2-4-17-10)14-11(16)7-15-6-9(12)5-13-15/h2-6,8H,7H2,1H3,(H,14,16). The quantitative estimate of drug-likeness (QED) is 0.943. The van der Waals surface area contributed by atoms with Gasteiger partial charge < -0.3 is 5.32 Å². The molecular formula is C11H12BrN3OS. The van der Waals surface area contributed by atoms with Gasteiger partial charge >= 0.3 is 0 Å². The Labute approximate surface area is 112 Å². The second-order valence-corrected chi connectivity index (χ2v) is 5.56. The van der Waals surface area contributed by atoms with Crippen LogP contribution in [0.2, 0.25) is 0 Å². The van der Waals surface area contributed by atoms with Gasteiger partial charge in [0, 0.05) is 11.1 Å². The van der Waals surface area contributed by atoms with Crippen LogP contribution in [-0.4, -0.2) is 15.7 Å². The minimum Gasteiger partial charge on any atom is -0.347 e. The van der Waals surface area contributed by atoms with Gasteiger partial charge in [-0.2, -0.15) is 5.10 Å². The lowest BCUT2D eigenvalue weighted by atomic mass is 10.3. The number of hydrogen-bond donors (Lipinski definition) is 1. The lowest BCUT2D eigenvalue weighted by Gasteiger charge is -2.11. The average molecular weight is 314 g/mol. The van der Waals surface area contributed by atoms with Crippen LogP contribution in [0.1, 0.15) is 17.8 Å². The van der Waals surface area contributed by atoms with Crippen LogP contribution in [0.4, 0.5) is 0 Å². The molecule has 6 heteroatoms. The van der Waals surface area contributed by atoms with Crippen molar-refractivity contribution < 1.29 is 4.79 Å². The fraction of sp³-hybridized carbons (Fsp3) is 0.273. The van der Waals surface area contributed by atoms with Gasteiger partial charge in [0.05, 0.1) is 16.7 Å². The summed E-state index contributed by atoms with van der Waals surface area (Å²) in [5.74, 6) is -0.0403. The summed E-state index contributed by atoms with van der Waals surface area (Å²) in [4.78, 5) is 12.9. The maximum Gasteiger partial charge on any atom is 0.242 e. The topological polar surface area (TPSA) is 46.9 Å². The van der Waals surface area contributed by atoms with E-state index >= 15 is 0 Å². The summed E-state index contributed by atoms with van der Waals surface area (Å²) in [6.07, 6.45) is 3.44. The van der Waals surface area contributed by atoms with Crippen molar-refractivity contribution in [3.05, 3.63) is 39.3 Å². The van der Waals surface area contributed by atoms with Crippen LogP contribution in [0, 0.1) is 0 Å². The zero-order valence-corrected chi connectivity index (χ0v) is 11.7. The highest BCUT2D eigenvalue weighted by molar-refractivity contribution is 9.10. The van der Waals surface area contributed by atoms with E-state index < -0.39 is 0 Å². The van der Waals surface area contributed by atoms with Crippen molar-refractivity contribution in [3.63, 3.8) is 0 Å². The molecule has 90 valence electrons. The molecule has 0 radical (unpaired) electrons. The van der Waals surface area contributed by atoms with Crippen LogP contribution in [0.3, 0.4) is 0 Å². The number of hydrogen-bond acceptors (Lipinski definition) is 3. The van der Waals surface area contributed by atoms with E-state index in [4.69, 9.17) is 0 Å². The van der Waals surface area contributed by atoms with Crippen molar-refractivity contribution in [2.75, 3.05) is 0 Å². The highest BCUT2D eigenvalue weighted by atomic mass is 79.9. The van der Waals surface area contributed by atoms with Crippen LogP contribution in [-0.2, 0) is 11.3 Å². The molecule has 0 spiro atoms. The molecule has 1 atom stereocenters. The predicted octanol–water partition coefficient (Wildman–Crippen LogP) is 2.58. The fourth-order valence-electron chi connectivity index (χ4n) is 1.47. The van der Waals surface area contributed by atoms with Crippen molar-refractivity contribution in [1.29, 1.82) is 0 Å². The molecule has 1 amide bonds. The minimum atomic E-state index is -0.0403. The third kappa shape index (κ3) is 3.41. The molecule has 17 heavy (non-hydrogen) atoms. The van der Waals surface area contributed by atoms with E-state index in [0.29, 0.717) is 0 Å². The second-order valence-electron chi connectivity index (χ2n) is 3.66. The molecule has 0 aliphatic heterocycles. The zero-order chi connectivity index (χ0) is 12.3. The summed E-state index contributed by atoms with van der Waals surface area (Å²) >= 11 is 4.93. The Morgan fingerprint density at radius 2 is 2.53 bits per heavy atom. The van der Waals surface area contributed by atoms with Crippen molar-refractivity contribution in [3.8, 4) is 0 Å². The van der Waals surface area contributed by atoms with Crippen LogP contribution in [0.5, 0.6) is 0 Å². The molecule has 0 saturated carbocycles. The highest BCUT2D eigenvalue weighted by Crippen LogP contribution is 2.17. The third-order valence-corrected chi connectivity index (χ3v) is 3.72. The van der Waals surface area contributed by atoms with Crippen LogP contribution < -0.4 is 5.32 Å². The lowest BCUT2D eigenvalue weighted by Crippen LogP contribution is -2.29. The SMILES string of the molecule is CC(NC(=O)Cn1cc(Br)cn1)c1cccs1. The maximum absolute atomic E-state index is 11.7. The van der Waals surface area contributed by atoms with Crippen molar-refractivity contribution in [2.24, 2.45) is 0 Å². The van der Waals surface area contributed by atoms with E-state index in [-0.39, 0.29) is 18.5 Å². The van der Waals surface area contributed by atoms with E-state index in [2.05, 4.69) is 26.3 Å². The van der Waals surface area contributed by atoms with E-state index in [1.807, 2.05) is 24.4 Å². The summed E-state index contributed by atoms with van der Waals surface area (Å²) < 4.78 is 2.47. The Hall–Kier alpha value is -1.14. The van der Waals surface area contributed by atoms with Crippen LogP contribution in [0.15, 0.2) is 34.4 Å². The molecule has 0 saturated heterocycles. The number of carbonyl (C=O) groups excluding carboxylic acids is 1. The first-order valence-electron chi connectivity index (χ1n) is 5.16. The van der Waals surface area contributed by atoms with Crippen molar-refractivity contribution in [2.45, 2.75) is 19.5 Å². The van der Waals surface area contributed by atoms with Crippen LogP contribution >= 0.6 is 27.3 Å². The number of halogens is 1. The number of nitrogens with one attached hydrogen (secondary N) is 1. The molecule has 4 nitrogen and oxygen atoms in total. The first-order chi connectivity index (χ1) is 8.15. The highest BCUT2D eigenvalue weighted by Gasteiger charge is 2.10. The zero-order valence-electron chi connectivity index (χ0n) is 9.26. The fourth-order valence-corrected chi connectivity index (χ4v) is 2.53. The smallest absolute Gasteiger partial charge is 0.242 e. The molecule has 0 aliphatic carbocycles. The van der Waals surface area contributed by atoms with E-state index in [1.54, 1.807) is 28.4 Å². The van der Waals surface area contributed by atoms with E-state index in [1.165, 1.54) is 0 Å². The van der Waals surface area contributed by atoms with Gasteiger partial charge in [-0.3, -0.25) is 9.48 Å². The minimum absolute atomic E-state index is 0.0403. The number of thiophene rings is 1. The summed E-state index contributed by atoms with van der Waals surface area (Å²) in [7, 11) is 0. The Morgan fingerprint density at radius 1 is 1.71 bits per heavy atom. The van der Waals surface area contributed by atoms with Crippen molar-refractivity contribution >= 4 is 33.2 Å². The predicted molar refractivity (Wildman–Crippen MR) is 70.8 cm³/mol. The molecule has 0 fully saturated rings. The molecule has 2 aromatic heterocycles. The van der Waals surface area contributed by atoms with Crippen molar-refractivity contribution in [1.82, 2.24) is 15.1 Å². The summed E-state index contributed by atoms with van der Waals surface area (Å²) in [6, 6.07) is 4.04. The van der Waals surface area contributed by atoms with Crippen LogP contribution in [0.25, 0.3) is 0 Å². The summed E-state index contributed by atoms with van der Waals surface area (Å²) in [5, 5.41) is 8.98. The Balaban J connectivity index is 1.89. The molecule has 2 heterocycles. The first kappa shape index (κ1) is 12.3. The molecule has 1 N–H and O–H groups in total. The van der Waals surface area contributed by atoms with Gasteiger partial charge in [0.1, 0.15) is 6.54 Å². The molecule has 0 aliphatic rings.